The van der Waals surface area contributed by atoms with Gasteiger partial charge < -0.3 is 19.9 Å². The Labute approximate surface area is 187 Å². The summed E-state index contributed by atoms with van der Waals surface area (Å²) in [5, 5.41) is 11.8. The van der Waals surface area contributed by atoms with Gasteiger partial charge in [0.05, 0.1) is 13.0 Å². The van der Waals surface area contributed by atoms with Gasteiger partial charge in [-0.05, 0) is 48.2 Å². The molecule has 32 heavy (non-hydrogen) atoms. The average molecular weight is 434 g/mol. The summed E-state index contributed by atoms with van der Waals surface area (Å²) >= 11 is 0. The largest absolute Gasteiger partial charge is 0.494 e. The van der Waals surface area contributed by atoms with Gasteiger partial charge in [0, 0.05) is 12.1 Å². The van der Waals surface area contributed by atoms with Gasteiger partial charge >= 0.3 is 12.1 Å². The molecule has 3 aromatic rings. The number of aliphatic carboxylic acids is 1. The second kappa shape index (κ2) is 11.0. The van der Waals surface area contributed by atoms with Gasteiger partial charge in [0.2, 0.25) is 0 Å². The number of nitrogens with one attached hydrogen (secondary N) is 1. The molecule has 6 nitrogen and oxygen atoms in total. The fourth-order valence-electron chi connectivity index (χ4n) is 3.28. The summed E-state index contributed by atoms with van der Waals surface area (Å²) in [6, 6.07) is 20.9. The highest BCUT2D eigenvalue weighted by Crippen LogP contribution is 2.28. The number of carboxylic acids is 1. The predicted molar refractivity (Wildman–Crippen MR) is 123 cm³/mol. The quantitative estimate of drug-likeness (QED) is 0.490. The molecule has 1 amide bonds. The smallest absolute Gasteiger partial charge is 0.407 e. The highest BCUT2D eigenvalue weighted by Gasteiger charge is 2.10. The molecule has 0 saturated heterocycles. The summed E-state index contributed by atoms with van der Waals surface area (Å²) in [6.45, 7) is 4.84. The van der Waals surface area contributed by atoms with Crippen LogP contribution < -0.4 is 10.1 Å². The Balaban J connectivity index is 1.69. The van der Waals surface area contributed by atoms with E-state index in [4.69, 9.17) is 14.6 Å². The van der Waals surface area contributed by atoms with Crippen molar-refractivity contribution >= 4 is 12.1 Å². The minimum atomic E-state index is -0.872. The van der Waals surface area contributed by atoms with E-state index in [1.165, 1.54) is 0 Å². The van der Waals surface area contributed by atoms with E-state index in [1.54, 1.807) is 6.07 Å². The van der Waals surface area contributed by atoms with Crippen molar-refractivity contribution in [2.24, 2.45) is 0 Å². The van der Waals surface area contributed by atoms with Crippen molar-refractivity contribution in [1.82, 2.24) is 5.32 Å². The van der Waals surface area contributed by atoms with Gasteiger partial charge in [0.25, 0.3) is 0 Å². The molecule has 3 aromatic carbocycles. The van der Waals surface area contributed by atoms with Crippen LogP contribution >= 0.6 is 0 Å². The Morgan fingerprint density at radius 1 is 0.938 bits per heavy atom. The summed E-state index contributed by atoms with van der Waals surface area (Å²) in [4.78, 5) is 23.2. The zero-order valence-electron chi connectivity index (χ0n) is 18.3. The molecule has 0 spiro atoms. The van der Waals surface area contributed by atoms with Crippen LogP contribution in [0.1, 0.15) is 29.2 Å². The van der Waals surface area contributed by atoms with Crippen LogP contribution in [0.2, 0.25) is 0 Å². The van der Waals surface area contributed by atoms with E-state index in [0.29, 0.717) is 12.4 Å². The molecule has 0 saturated carbocycles. The van der Waals surface area contributed by atoms with E-state index in [2.05, 4.69) is 5.32 Å². The van der Waals surface area contributed by atoms with Crippen molar-refractivity contribution in [1.29, 1.82) is 0 Å². The molecule has 0 bridgehead atoms. The lowest BCUT2D eigenvalue weighted by molar-refractivity contribution is -0.136. The monoisotopic (exact) mass is 433 g/mol. The van der Waals surface area contributed by atoms with E-state index in [1.807, 2.05) is 74.5 Å². The number of ether oxygens (including phenoxy) is 2. The van der Waals surface area contributed by atoms with Crippen LogP contribution in [0.4, 0.5) is 4.79 Å². The first-order chi connectivity index (χ1) is 15.4. The van der Waals surface area contributed by atoms with Crippen LogP contribution in [-0.2, 0) is 29.1 Å². The molecule has 0 aliphatic heterocycles. The first-order valence-electron chi connectivity index (χ1n) is 10.5. The van der Waals surface area contributed by atoms with Crippen molar-refractivity contribution < 1.29 is 24.2 Å². The number of carbonyl (C=O) groups is 2. The molecule has 0 unspecified atom stereocenters. The Kier molecular flexibility index (Phi) is 7.86. The third-order valence-electron chi connectivity index (χ3n) is 4.89. The van der Waals surface area contributed by atoms with Crippen LogP contribution in [0.25, 0.3) is 11.1 Å². The molecule has 0 aliphatic carbocycles. The topological polar surface area (TPSA) is 84.9 Å². The summed E-state index contributed by atoms with van der Waals surface area (Å²) in [5.41, 5.74) is 5.41. The molecule has 6 heteroatoms. The number of amides is 1. The van der Waals surface area contributed by atoms with E-state index >= 15 is 0 Å². The highest BCUT2D eigenvalue weighted by atomic mass is 16.5. The number of benzene rings is 3. The summed E-state index contributed by atoms with van der Waals surface area (Å²) in [6.07, 6.45) is -0.548. The van der Waals surface area contributed by atoms with Gasteiger partial charge in [-0.1, -0.05) is 60.2 Å². The highest BCUT2D eigenvalue weighted by molar-refractivity contribution is 5.73. The van der Waals surface area contributed by atoms with Crippen LogP contribution in [0.15, 0.2) is 66.7 Å². The molecule has 0 heterocycles. The van der Waals surface area contributed by atoms with Gasteiger partial charge in [-0.2, -0.15) is 0 Å². The van der Waals surface area contributed by atoms with E-state index in [-0.39, 0.29) is 19.6 Å². The Morgan fingerprint density at radius 3 is 2.41 bits per heavy atom. The average Bonchev–Trinajstić information content (AvgIpc) is 2.78. The summed E-state index contributed by atoms with van der Waals surface area (Å²) < 4.78 is 11.0. The third kappa shape index (κ3) is 6.60. The number of aryl methyl sites for hydroxylation is 1. The van der Waals surface area contributed by atoms with Gasteiger partial charge in [0.1, 0.15) is 12.4 Å². The molecule has 3 rings (SSSR count). The molecule has 0 fully saturated rings. The first kappa shape index (κ1) is 22.9. The lowest BCUT2D eigenvalue weighted by Gasteiger charge is -2.14. The Bertz CT molecular complexity index is 1080. The molecule has 0 aromatic heterocycles. The first-order valence-corrected chi connectivity index (χ1v) is 10.5. The summed E-state index contributed by atoms with van der Waals surface area (Å²) in [5.74, 6) is -0.195. The lowest BCUT2D eigenvalue weighted by atomic mass is 9.99. The Morgan fingerprint density at radius 2 is 1.69 bits per heavy atom. The fourth-order valence-corrected chi connectivity index (χ4v) is 3.28. The second-order valence-electron chi connectivity index (χ2n) is 7.44. The molecule has 0 aliphatic rings. The van der Waals surface area contributed by atoms with Gasteiger partial charge in [-0.3, -0.25) is 4.79 Å². The SMILES string of the molecule is CCOc1ccc(-c2cccc(CC(=O)O)c2)cc1CNC(=O)OCc1ccc(C)cc1. The minimum absolute atomic E-state index is 0.0356. The lowest BCUT2D eigenvalue weighted by Crippen LogP contribution is -2.24. The maximum Gasteiger partial charge on any atom is 0.407 e. The third-order valence-corrected chi connectivity index (χ3v) is 4.89. The Hall–Kier alpha value is -3.80. The van der Waals surface area contributed by atoms with Crippen LogP contribution in [0, 0.1) is 6.92 Å². The van der Waals surface area contributed by atoms with E-state index in [9.17, 15) is 9.59 Å². The molecule has 166 valence electrons. The van der Waals surface area contributed by atoms with Gasteiger partial charge in [-0.25, -0.2) is 4.79 Å². The zero-order valence-corrected chi connectivity index (χ0v) is 18.3. The number of hydrogen-bond donors (Lipinski definition) is 2. The van der Waals surface area contributed by atoms with Crippen molar-refractivity contribution in [2.45, 2.75) is 33.4 Å². The van der Waals surface area contributed by atoms with Crippen LogP contribution in [-0.4, -0.2) is 23.8 Å². The number of rotatable bonds is 9. The number of carbonyl (C=O) groups excluding carboxylic acids is 1. The predicted octanol–water partition coefficient (Wildman–Crippen LogP) is 5.11. The van der Waals surface area contributed by atoms with Crippen molar-refractivity contribution in [3.05, 3.63) is 89.0 Å². The molecular weight excluding hydrogens is 406 g/mol. The zero-order chi connectivity index (χ0) is 22.9. The van der Waals surface area contributed by atoms with Gasteiger partial charge in [0.15, 0.2) is 0 Å². The molecular formula is C26H27NO5. The summed E-state index contributed by atoms with van der Waals surface area (Å²) in [7, 11) is 0. The normalized spacial score (nSPS) is 10.4. The van der Waals surface area contributed by atoms with Crippen LogP contribution in [0.3, 0.4) is 0 Å². The fraction of sp³-hybridized carbons (Fsp3) is 0.231. The van der Waals surface area contributed by atoms with Crippen LogP contribution in [0.5, 0.6) is 5.75 Å². The van der Waals surface area contributed by atoms with E-state index in [0.717, 1.165) is 33.4 Å². The standard InChI is InChI=1S/C26H27NO5/c1-3-31-24-12-11-22(21-6-4-5-20(13-21)14-25(28)29)15-23(24)16-27-26(30)32-17-19-9-7-18(2)8-10-19/h4-13,15H,3,14,16-17H2,1-2H3,(H,27,30)(H,28,29). The maximum atomic E-state index is 12.2. The minimum Gasteiger partial charge on any atom is -0.494 e. The van der Waals surface area contributed by atoms with Crippen molar-refractivity contribution in [3.63, 3.8) is 0 Å². The van der Waals surface area contributed by atoms with Crippen molar-refractivity contribution in [2.75, 3.05) is 6.61 Å². The maximum absolute atomic E-state index is 12.2. The number of alkyl carbamates (subject to hydrolysis) is 1. The van der Waals surface area contributed by atoms with E-state index < -0.39 is 12.1 Å². The molecule has 0 radical (unpaired) electrons. The number of hydrogen-bond acceptors (Lipinski definition) is 4. The van der Waals surface area contributed by atoms with Gasteiger partial charge in [-0.15, -0.1) is 0 Å². The van der Waals surface area contributed by atoms with Crippen molar-refractivity contribution in [3.8, 4) is 16.9 Å². The molecule has 2 N–H and O–H groups in total. The second-order valence-corrected chi connectivity index (χ2v) is 7.44. The number of carboxylic acid groups (broad SMARTS) is 1. The molecule has 0 atom stereocenters.